The average Bonchev–Trinajstić information content (AvgIpc) is 3.22. The Balaban J connectivity index is 1.31. The minimum absolute atomic E-state index is 0.0217. The molecule has 1 unspecified atom stereocenters. The highest BCUT2D eigenvalue weighted by molar-refractivity contribution is 6.05. The number of benzene rings is 3. The van der Waals surface area contributed by atoms with Crippen LogP contribution in [0.2, 0.25) is 0 Å². The molecule has 5 heteroatoms. The highest BCUT2D eigenvalue weighted by atomic mass is 16.4. The Morgan fingerprint density at radius 2 is 1.48 bits per heavy atom. The number of amidine groups is 1. The van der Waals surface area contributed by atoms with Gasteiger partial charge in [0.05, 0.1) is 6.42 Å². The number of carbonyl (C=O) groups excluding carboxylic acids is 1. The van der Waals surface area contributed by atoms with Gasteiger partial charge in [0.15, 0.2) is 0 Å². The Bertz CT molecular complexity index is 1350. The molecule has 3 aromatic rings. The number of aliphatic carboxylic acids is 1. The van der Waals surface area contributed by atoms with E-state index >= 15 is 0 Å². The fourth-order valence-corrected chi connectivity index (χ4v) is 5.40. The second-order valence-corrected chi connectivity index (χ2v) is 11.8. The van der Waals surface area contributed by atoms with Gasteiger partial charge in [-0.05, 0) is 77.8 Å². The summed E-state index contributed by atoms with van der Waals surface area (Å²) in [6.45, 7) is 9.36. The third-order valence-electron chi connectivity index (χ3n) is 7.66. The van der Waals surface area contributed by atoms with Gasteiger partial charge in [0.25, 0.3) is 5.91 Å². The highest BCUT2D eigenvalue weighted by Gasteiger charge is 2.32. The molecule has 0 spiro atoms. The fourth-order valence-electron chi connectivity index (χ4n) is 5.40. The van der Waals surface area contributed by atoms with E-state index in [-0.39, 0.29) is 23.8 Å². The zero-order valence-corrected chi connectivity index (χ0v) is 24.3. The van der Waals surface area contributed by atoms with Crippen molar-refractivity contribution in [1.82, 2.24) is 4.90 Å². The van der Waals surface area contributed by atoms with Crippen molar-refractivity contribution in [3.05, 3.63) is 95.1 Å². The molecule has 1 aliphatic rings. The van der Waals surface area contributed by atoms with E-state index < -0.39 is 5.97 Å². The summed E-state index contributed by atoms with van der Waals surface area (Å²) >= 11 is 0. The molecule has 3 aromatic carbocycles. The Morgan fingerprint density at radius 1 is 0.850 bits per heavy atom. The number of carbonyl (C=O) groups is 2. The van der Waals surface area contributed by atoms with E-state index in [1.54, 1.807) is 0 Å². The topological polar surface area (TPSA) is 70.0 Å². The normalized spacial score (nSPS) is 15.4. The third kappa shape index (κ3) is 7.68. The van der Waals surface area contributed by atoms with Crippen LogP contribution >= 0.6 is 0 Å². The maximum Gasteiger partial charge on any atom is 0.307 e. The Labute approximate surface area is 239 Å². The van der Waals surface area contributed by atoms with Crippen LogP contribution < -0.4 is 0 Å². The molecule has 0 radical (unpaired) electrons. The van der Waals surface area contributed by atoms with Crippen LogP contribution in [0.1, 0.15) is 75.6 Å². The van der Waals surface area contributed by atoms with E-state index in [0.717, 1.165) is 61.1 Å². The second kappa shape index (κ2) is 13.1. The molecule has 4 rings (SSSR count). The van der Waals surface area contributed by atoms with E-state index in [4.69, 9.17) is 10.1 Å². The van der Waals surface area contributed by atoms with Gasteiger partial charge in [0.1, 0.15) is 11.9 Å². The maximum absolute atomic E-state index is 13.0. The summed E-state index contributed by atoms with van der Waals surface area (Å²) in [5.41, 5.74) is 6.94. The van der Waals surface area contributed by atoms with Crippen molar-refractivity contribution in [1.29, 1.82) is 0 Å². The van der Waals surface area contributed by atoms with Crippen LogP contribution in [-0.2, 0) is 34.3 Å². The first kappa shape index (κ1) is 29.3. The summed E-state index contributed by atoms with van der Waals surface area (Å²) < 4.78 is 0. The van der Waals surface area contributed by atoms with E-state index in [1.807, 2.05) is 36.1 Å². The lowest BCUT2D eigenvalue weighted by Gasteiger charge is -2.19. The molecule has 40 heavy (non-hydrogen) atoms. The molecular weight excluding hydrogens is 496 g/mol. The zero-order valence-electron chi connectivity index (χ0n) is 24.3. The summed E-state index contributed by atoms with van der Waals surface area (Å²) in [5.74, 6) is 0.238. The van der Waals surface area contributed by atoms with Gasteiger partial charge in [-0.25, -0.2) is 0 Å². The van der Waals surface area contributed by atoms with Gasteiger partial charge >= 0.3 is 5.97 Å². The number of aliphatic imine (C=N–C) groups is 1. The van der Waals surface area contributed by atoms with Crippen molar-refractivity contribution in [3.63, 3.8) is 0 Å². The monoisotopic (exact) mass is 538 g/mol. The summed E-state index contributed by atoms with van der Waals surface area (Å²) in [5, 5.41) is 9.11. The quantitative estimate of drug-likeness (QED) is 0.264. The van der Waals surface area contributed by atoms with Gasteiger partial charge < -0.3 is 5.11 Å². The van der Waals surface area contributed by atoms with Crippen LogP contribution in [0.15, 0.2) is 77.8 Å². The molecule has 0 saturated heterocycles. The number of hydrogen-bond donors (Lipinski definition) is 1. The number of carboxylic acids is 1. The van der Waals surface area contributed by atoms with E-state index in [2.05, 4.69) is 69.3 Å². The van der Waals surface area contributed by atoms with E-state index in [0.29, 0.717) is 6.54 Å². The van der Waals surface area contributed by atoms with Crippen LogP contribution in [0, 0.1) is 0 Å². The molecule has 1 atom stereocenters. The number of rotatable bonds is 12. The van der Waals surface area contributed by atoms with Crippen molar-refractivity contribution in [2.24, 2.45) is 4.99 Å². The first-order chi connectivity index (χ1) is 19.1. The molecule has 1 amide bonds. The maximum atomic E-state index is 13.0. The fraction of sp³-hybridized carbons (Fsp3) is 0.400. The summed E-state index contributed by atoms with van der Waals surface area (Å²) in [6.07, 6.45) is 5.29. The number of aryl methyl sites for hydroxylation is 2. The lowest BCUT2D eigenvalue weighted by Crippen LogP contribution is -2.35. The number of likely N-dealkylation sites (N-methyl/N-ethyl adjacent to an activating group) is 1. The van der Waals surface area contributed by atoms with Crippen LogP contribution in [0.4, 0.5) is 0 Å². The van der Waals surface area contributed by atoms with Crippen molar-refractivity contribution in [2.75, 3.05) is 6.54 Å². The third-order valence-corrected chi connectivity index (χ3v) is 7.66. The number of carboxylic acid groups (broad SMARTS) is 1. The lowest BCUT2D eigenvalue weighted by atomic mass is 9.86. The molecule has 0 aromatic heterocycles. The van der Waals surface area contributed by atoms with Crippen molar-refractivity contribution < 1.29 is 14.7 Å². The van der Waals surface area contributed by atoms with Crippen LogP contribution in [0.5, 0.6) is 0 Å². The van der Waals surface area contributed by atoms with Gasteiger partial charge in [-0.15, -0.1) is 0 Å². The molecule has 5 nitrogen and oxygen atoms in total. The van der Waals surface area contributed by atoms with E-state index in [9.17, 15) is 9.59 Å². The molecule has 1 heterocycles. The predicted octanol–water partition coefficient (Wildman–Crippen LogP) is 7.25. The average molecular weight is 539 g/mol. The van der Waals surface area contributed by atoms with Gasteiger partial charge in [0, 0.05) is 13.0 Å². The largest absolute Gasteiger partial charge is 0.481 e. The first-order valence-electron chi connectivity index (χ1n) is 14.5. The summed E-state index contributed by atoms with van der Waals surface area (Å²) in [4.78, 5) is 30.9. The molecule has 0 bridgehead atoms. The van der Waals surface area contributed by atoms with Crippen molar-refractivity contribution >= 4 is 17.7 Å². The molecule has 0 saturated carbocycles. The molecule has 1 aliphatic heterocycles. The molecule has 210 valence electrons. The van der Waals surface area contributed by atoms with Crippen LogP contribution in [0.3, 0.4) is 0 Å². The number of nitrogens with zero attached hydrogens (tertiary/aromatic N) is 2. The smallest absolute Gasteiger partial charge is 0.307 e. The van der Waals surface area contributed by atoms with Gasteiger partial charge in [0.2, 0.25) is 0 Å². The van der Waals surface area contributed by atoms with E-state index in [1.165, 1.54) is 16.7 Å². The second-order valence-electron chi connectivity index (χ2n) is 11.8. The molecule has 0 aliphatic carbocycles. The predicted molar refractivity (Wildman–Crippen MR) is 163 cm³/mol. The van der Waals surface area contributed by atoms with Crippen molar-refractivity contribution in [2.45, 2.75) is 84.1 Å². The SMILES string of the molecule is CCN1C(=O)C(CCCc2ccc(C(C)(C)C)cc2)N=C1CCCc1cccc(-c2cccc(CC(=O)O)c2)c1. The van der Waals surface area contributed by atoms with Crippen LogP contribution in [-0.4, -0.2) is 40.3 Å². The molecular formula is C35H42N2O3. The van der Waals surface area contributed by atoms with Gasteiger partial charge in [-0.3, -0.25) is 19.5 Å². The summed E-state index contributed by atoms with van der Waals surface area (Å²) in [7, 11) is 0. The zero-order chi connectivity index (χ0) is 28.7. The highest BCUT2D eigenvalue weighted by Crippen LogP contribution is 2.25. The number of amides is 1. The molecule has 0 fully saturated rings. The van der Waals surface area contributed by atoms with Crippen molar-refractivity contribution in [3.8, 4) is 11.1 Å². The standard InChI is InChI=1S/C35H42N2O3/c1-5-37-32(36-31(34(37)40)16-8-10-25-18-20-30(21-19-25)35(2,3)4)17-9-12-26-11-6-14-28(22-26)29-15-7-13-27(23-29)24-33(38)39/h6-7,11,13-15,18-23,31H,5,8-10,12,16-17,24H2,1-4H3,(H,38,39). The van der Waals surface area contributed by atoms with Crippen LogP contribution in [0.25, 0.3) is 11.1 Å². The minimum Gasteiger partial charge on any atom is -0.481 e. The molecule has 1 N–H and O–H groups in total. The Hall–Kier alpha value is -3.73. The van der Waals surface area contributed by atoms with Gasteiger partial charge in [-0.2, -0.15) is 0 Å². The minimum atomic E-state index is -0.825. The first-order valence-corrected chi connectivity index (χ1v) is 14.5. The Morgan fingerprint density at radius 3 is 2.10 bits per heavy atom. The summed E-state index contributed by atoms with van der Waals surface area (Å²) in [6, 6.07) is 24.8. The number of hydrogen-bond acceptors (Lipinski definition) is 3. The Kier molecular flexibility index (Phi) is 9.57. The lowest BCUT2D eigenvalue weighted by molar-refractivity contribution is -0.136. The van der Waals surface area contributed by atoms with Gasteiger partial charge in [-0.1, -0.05) is 93.6 Å².